The molecule has 0 radical (unpaired) electrons. The van der Waals surface area contributed by atoms with Crippen LogP contribution in [0.25, 0.3) is 0 Å². The van der Waals surface area contributed by atoms with E-state index >= 15 is 0 Å². The number of aryl methyl sites for hydroxylation is 2. The van der Waals surface area contributed by atoms with Crippen molar-refractivity contribution in [2.24, 2.45) is 0 Å². The van der Waals surface area contributed by atoms with Gasteiger partial charge in [0.15, 0.2) is 5.78 Å². The van der Waals surface area contributed by atoms with Crippen molar-refractivity contribution in [2.75, 3.05) is 23.8 Å². The highest BCUT2D eigenvalue weighted by Crippen LogP contribution is 2.20. The lowest BCUT2D eigenvalue weighted by Gasteiger charge is -2.21. The Bertz CT molecular complexity index is 738. The maximum atomic E-state index is 12.2. The zero-order chi connectivity index (χ0) is 17.0. The molecular weight excluding hydrogens is 288 g/mol. The van der Waals surface area contributed by atoms with Crippen molar-refractivity contribution >= 4 is 23.1 Å². The van der Waals surface area contributed by atoms with Crippen LogP contribution in [0.2, 0.25) is 0 Å². The summed E-state index contributed by atoms with van der Waals surface area (Å²) in [6, 6.07) is 13.1. The monoisotopic (exact) mass is 310 g/mol. The minimum absolute atomic E-state index is 0.0198. The molecule has 0 spiro atoms. The van der Waals surface area contributed by atoms with Crippen molar-refractivity contribution in [3.8, 4) is 0 Å². The van der Waals surface area contributed by atoms with Crippen molar-refractivity contribution < 1.29 is 9.59 Å². The fourth-order valence-electron chi connectivity index (χ4n) is 2.45. The van der Waals surface area contributed by atoms with Crippen molar-refractivity contribution in [3.05, 3.63) is 59.2 Å². The van der Waals surface area contributed by atoms with E-state index in [0.29, 0.717) is 11.3 Å². The molecule has 0 aliphatic carbocycles. The SMILES string of the molecule is CC(=O)c1cccc(NC(=O)CN(C)c2cc(C)ccc2C)c1. The van der Waals surface area contributed by atoms with E-state index in [2.05, 4.69) is 23.5 Å². The summed E-state index contributed by atoms with van der Waals surface area (Å²) in [5, 5.41) is 2.84. The summed E-state index contributed by atoms with van der Waals surface area (Å²) in [4.78, 5) is 25.6. The van der Waals surface area contributed by atoms with Crippen molar-refractivity contribution in [1.29, 1.82) is 0 Å². The van der Waals surface area contributed by atoms with E-state index < -0.39 is 0 Å². The number of amides is 1. The molecule has 0 unspecified atom stereocenters. The Balaban J connectivity index is 2.06. The molecular formula is C19H22N2O2. The molecule has 4 heteroatoms. The number of likely N-dealkylation sites (N-methyl/N-ethyl adjacent to an activating group) is 1. The lowest BCUT2D eigenvalue weighted by Crippen LogP contribution is -2.30. The minimum Gasteiger partial charge on any atom is -0.365 e. The van der Waals surface area contributed by atoms with Crippen LogP contribution in [0, 0.1) is 13.8 Å². The number of nitrogens with one attached hydrogen (secondary N) is 1. The zero-order valence-corrected chi connectivity index (χ0v) is 14.0. The summed E-state index contributed by atoms with van der Waals surface area (Å²) in [6.07, 6.45) is 0. The molecule has 1 N–H and O–H groups in total. The Kier molecular flexibility index (Phi) is 5.16. The number of hydrogen-bond donors (Lipinski definition) is 1. The summed E-state index contributed by atoms with van der Waals surface area (Å²) in [6.45, 7) is 5.81. The number of anilines is 2. The maximum absolute atomic E-state index is 12.2. The molecule has 2 aromatic carbocycles. The number of carbonyl (C=O) groups excluding carboxylic acids is 2. The van der Waals surface area contributed by atoms with Crippen LogP contribution >= 0.6 is 0 Å². The second-order valence-electron chi connectivity index (χ2n) is 5.83. The first-order chi connectivity index (χ1) is 10.9. The second kappa shape index (κ2) is 7.09. The van der Waals surface area contributed by atoms with E-state index in [1.165, 1.54) is 6.92 Å². The molecule has 4 nitrogen and oxygen atoms in total. The lowest BCUT2D eigenvalue weighted by molar-refractivity contribution is -0.114. The van der Waals surface area contributed by atoms with Crippen molar-refractivity contribution in [3.63, 3.8) is 0 Å². The van der Waals surface area contributed by atoms with E-state index in [4.69, 9.17) is 0 Å². The predicted molar refractivity (Wildman–Crippen MR) is 94.3 cm³/mol. The van der Waals surface area contributed by atoms with Crippen LogP contribution in [0.4, 0.5) is 11.4 Å². The number of carbonyl (C=O) groups is 2. The molecule has 0 fully saturated rings. The Morgan fingerprint density at radius 3 is 2.52 bits per heavy atom. The standard InChI is InChI=1S/C19H22N2O2/c1-13-8-9-14(2)18(10-13)21(4)12-19(23)20-17-7-5-6-16(11-17)15(3)22/h5-11H,12H2,1-4H3,(H,20,23). The summed E-state index contributed by atoms with van der Waals surface area (Å²) >= 11 is 0. The van der Waals surface area contributed by atoms with E-state index in [1.54, 1.807) is 24.3 Å². The third kappa shape index (κ3) is 4.42. The minimum atomic E-state index is -0.117. The number of benzene rings is 2. The topological polar surface area (TPSA) is 49.4 Å². The van der Waals surface area contributed by atoms with E-state index in [-0.39, 0.29) is 18.2 Å². The molecule has 2 rings (SSSR count). The van der Waals surface area contributed by atoms with Gasteiger partial charge in [-0.15, -0.1) is 0 Å². The molecule has 120 valence electrons. The van der Waals surface area contributed by atoms with Crippen LogP contribution in [0.1, 0.15) is 28.4 Å². The summed E-state index contributed by atoms with van der Waals surface area (Å²) in [5.41, 5.74) is 4.55. The molecule has 0 aliphatic heterocycles. The third-order valence-corrected chi connectivity index (χ3v) is 3.71. The van der Waals surface area contributed by atoms with Crippen LogP contribution in [-0.2, 0) is 4.79 Å². The average molecular weight is 310 g/mol. The van der Waals surface area contributed by atoms with Gasteiger partial charge in [0, 0.05) is 24.0 Å². The summed E-state index contributed by atoms with van der Waals surface area (Å²) in [7, 11) is 1.90. The fourth-order valence-corrected chi connectivity index (χ4v) is 2.45. The highest BCUT2D eigenvalue weighted by molar-refractivity contribution is 5.98. The van der Waals surface area contributed by atoms with Gasteiger partial charge in [0.25, 0.3) is 0 Å². The maximum Gasteiger partial charge on any atom is 0.243 e. The van der Waals surface area contributed by atoms with Gasteiger partial charge in [0.1, 0.15) is 0 Å². The van der Waals surface area contributed by atoms with Gasteiger partial charge >= 0.3 is 0 Å². The first-order valence-electron chi connectivity index (χ1n) is 7.56. The number of nitrogens with zero attached hydrogens (tertiary/aromatic N) is 1. The molecule has 1 amide bonds. The molecule has 0 saturated heterocycles. The number of hydrogen-bond acceptors (Lipinski definition) is 3. The van der Waals surface area contributed by atoms with Crippen LogP contribution in [0.5, 0.6) is 0 Å². The molecule has 0 bridgehead atoms. The lowest BCUT2D eigenvalue weighted by atomic mass is 10.1. The normalized spacial score (nSPS) is 10.3. The Hall–Kier alpha value is -2.62. The molecule has 2 aromatic rings. The van der Waals surface area contributed by atoms with Crippen LogP contribution in [0.3, 0.4) is 0 Å². The number of rotatable bonds is 5. The number of ketones is 1. The Labute approximate surface area is 137 Å². The van der Waals surface area contributed by atoms with Gasteiger partial charge in [-0.25, -0.2) is 0 Å². The van der Waals surface area contributed by atoms with E-state index in [1.807, 2.05) is 25.8 Å². The van der Waals surface area contributed by atoms with Crippen LogP contribution < -0.4 is 10.2 Å². The third-order valence-electron chi connectivity index (χ3n) is 3.71. The highest BCUT2D eigenvalue weighted by Gasteiger charge is 2.11. The Morgan fingerprint density at radius 1 is 1.09 bits per heavy atom. The molecule has 0 atom stereocenters. The fraction of sp³-hybridized carbons (Fsp3) is 0.263. The van der Waals surface area contributed by atoms with Gasteiger partial charge in [0.05, 0.1) is 6.54 Å². The van der Waals surface area contributed by atoms with Gasteiger partial charge in [-0.2, -0.15) is 0 Å². The largest absolute Gasteiger partial charge is 0.365 e. The summed E-state index contributed by atoms with van der Waals surface area (Å²) in [5.74, 6) is -0.136. The van der Waals surface area contributed by atoms with E-state index in [9.17, 15) is 9.59 Å². The smallest absolute Gasteiger partial charge is 0.243 e. The second-order valence-corrected chi connectivity index (χ2v) is 5.83. The highest BCUT2D eigenvalue weighted by atomic mass is 16.2. The Morgan fingerprint density at radius 2 is 1.83 bits per heavy atom. The molecule has 23 heavy (non-hydrogen) atoms. The van der Waals surface area contributed by atoms with Gasteiger partial charge in [0.2, 0.25) is 5.91 Å². The predicted octanol–water partition coefficient (Wildman–Crippen LogP) is 3.58. The van der Waals surface area contributed by atoms with Crippen LogP contribution in [-0.4, -0.2) is 25.3 Å². The van der Waals surface area contributed by atoms with Gasteiger partial charge in [-0.3, -0.25) is 9.59 Å². The van der Waals surface area contributed by atoms with Crippen molar-refractivity contribution in [2.45, 2.75) is 20.8 Å². The molecule has 0 heterocycles. The van der Waals surface area contributed by atoms with Gasteiger partial charge in [-0.1, -0.05) is 24.3 Å². The summed E-state index contributed by atoms with van der Waals surface area (Å²) < 4.78 is 0. The van der Waals surface area contributed by atoms with Gasteiger partial charge < -0.3 is 10.2 Å². The molecule has 0 aliphatic rings. The number of Topliss-reactive ketones (excluding diaryl/α,β-unsaturated/α-hetero) is 1. The quantitative estimate of drug-likeness (QED) is 0.859. The zero-order valence-electron chi connectivity index (χ0n) is 14.0. The first kappa shape index (κ1) is 16.7. The van der Waals surface area contributed by atoms with Crippen LogP contribution in [0.15, 0.2) is 42.5 Å². The molecule has 0 aromatic heterocycles. The van der Waals surface area contributed by atoms with Gasteiger partial charge in [-0.05, 0) is 50.1 Å². The first-order valence-corrected chi connectivity index (χ1v) is 7.56. The molecule has 0 saturated carbocycles. The average Bonchev–Trinajstić information content (AvgIpc) is 2.49. The van der Waals surface area contributed by atoms with E-state index in [0.717, 1.165) is 16.8 Å². The van der Waals surface area contributed by atoms with Crippen molar-refractivity contribution in [1.82, 2.24) is 0 Å².